The highest BCUT2D eigenvalue weighted by Crippen LogP contribution is 2.11. The first-order valence-electron chi connectivity index (χ1n) is 6.28. The quantitative estimate of drug-likeness (QED) is 0.559. The molecular weight excluding hydrogens is 222 g/mol. The van der Waals surface area contributed by atoms with Gasteiger partial charge in [-0.3, -0.25) is 0 Å². The van der Waals surface area contributed by atoms with Crippen molar-refractivity contribution in [3.8, 4) is 0 Å². The van der Waals surface area contributed by atoms with Crippen molar-refractivity contribution in [2.75, 3.05) is 32.9 Å². The molecule has 5 heteroatoms. The van der Waals surface area contributed by atoms with E-state index in [9.17, 15) is 10.2 Å². The fraction of sp³-hybridized carbons (Fsp3) is 1.00. The molecule has 1 saturated heterocycles. The van der Waals surface area contributed by atoms with Crippen molar-refractivity contribution in [2.24, 2.45) is 0 Å². The van der Waals surface area contributed by atoms with Gasteiger partial charge in [0.05, 0.1) is 31.0 Å². The van der Waals surface area contributed by atoms with E-state index in [1.165, 1.54) is 0 Å². The minimum atomic E-state index is -0.752. The van der Waals surface area contributed by atoms with E-state index in [1.54, 1.807) is 13.8 Å². The zero-order valence-electron chi connectivity index (χ0n) is 10.8. The third-order valence-corrected chi connectivity index (χ3v) is 2.58. The fourth-order valence-corrected chi connectivity index (χ4v) is 1.71. The molecule has 1 rings (SSSR count). The van der Waals surface area contributed by atoms with Crippen LogP contribution in [0.3, 0.4) is 0 Å². The molecule has 0 aliphatic carbocycles. The average Bonchev–Trinajstić information content (AvgIpc) is 2.68. The molecule has 2 atom stereocenters. The van der Waals surface area contributed by atoms with Gasteiger partial charge < -0.3 is 25.0 Å². The van der Waals surface area contributed by atoms with Gasteiger partial charge in [-0.2, -0.15) is 0 Å². The van der Waals surface area contributed by atoms with Crippen LogP contribution >= 0.6 is 0 Å². The number of rotatable bonds is 8. The first-order valence-corrected chi connectivity index (χ1v) is 6.28. The second kappa shape index (κ2) is 7.28. The number of aliphatic hydroxyl groups is 2. The molecule has 17 heavy (non-hydrogen) atoms. The summed E-state index contributed by atoms with van der Waals surface area (Å²) in [7, 11) is 0. The molecule has 0 spiro atoms. The largest absolute Gasteiger partial charge is 0.389 e. The van der Waals surface area contributed by atoms with E-state index in [2.05, 4.69) is 5.32 Å². The predicted molar refractivity (Wildman–Crippen MR) is 65.0 cm³/mol. The summed E-state index contributed by atoms with van der Waals surface area (Å²) in [5.74, 6) is 0. The van der Waals surface area contributed by atoms with Crippen molar-refractivity contribution in [3.63, 3.8) is 0 Å². The molecule has 0 aromatic rings. The van der Waals surface area contributed by atoms with Gasteiger partial charge in [-0.05, 0) is 26.7 Å². The van der Waals surface area contributed by atoms with E-state index in [4.69, 9.17) is 9.47 Å². The van der Waals surface area contributed by atoms with Crippen molar-refractivity contribution in [1.29, 1.82) is 0 Å². The van der Waals surface area contributed by atoms with Gasteiger partial charge in [-0.25, -0.2) is 0 Å². The Kier molecular flexibility index (Phi) is 6.37. The lowest BCUT2D eigenvalue weighted by molar-refractivity contribution is -0.0177. The zero-order valence-corrected chi connectivity index (χ0v) is 10.8. The monoisotopic (exact) mass is 247 g/mol. The minimum absolute atomic E-state index is 0.200. The molecule has 102 valence electrons. The van der Waals surface area contributed by atoms with E-state index >= 15 is 0 Å². The Hall–Kier alpha value is -0.200. The van der Waals surface area contributed by atoms with Crippen LogP contribution in [-0.2, 0) is 9.47 Å². The first kappa shape index (κ1) is 14.9. The Morgan fingerprint density at radius 3 is 2.88 bits per heavy atom. The number of nitrogens with one attached hydrogen (secondary N) is 1. The molecule has 1 aliphatic heterocycles. The van der Waals surface area contributed by atoms with Crippen LogP contribution in [0.1, 0.15) is 26.7 Å². The summed E-state index contributed by atoms with van der Waals surface area (Å²) in [5, 5.41) is 22.1. The van der Waals surface area contributed by atoms with Crippen LogP contribution in [0, 0.1) is 0 Å². The maximum atomic E-state index is 9.61. The average molecular weight is 247 g/mol. The SMILES string of the molecule is CC(C)(O)CNCC(O)COCC1CCCO1. The van der Waals surface area contributed by atoms with Crippen LogP contribution in [-0.4, -0.2) is 60.9 Å². The molecule has 0 aromatic carbocycles. The van der Waals surface area contributed by atoms with Crippen molar-refractivity contribution >= 4 is 0 Å². The molecule has 1 heterocycles. The molecule has 5 nitrogen and oxygen atoms in total. The minimum Gasteiger partial charge on any atom is -0.389 e. The van der Waals surface area contributed by atoms with Crippen molar-refractivity contribution in [3.05, 3.63) is 0 Å². The van der Waals surface area contributed by atoms with Gasteiger partial charge in [0.1, 0.15) is 0 Å². The number of ether oxygens (including phenoxy) is 2. The predicted octanol–water partition coefficient (Wildman–Crippen LogP) is -0.0966. The topological polar surface area (TPSA) is 71.0 Å². The molecule has 2 unspecified atom stereocenters. The van der Waals surface area contributed by atoms with Crippen LogP contribution in [0.5, 0.6) is 0 Å². The summed E-state index contributed by atoms with van der Waals surface area (Å²) in [6, 6.07) is 0. The zero-order chi connectivity index (χ0) is 12.7. The van der Waals surface area contributed by atoms with E-state index in [0.29, 0.717) is 26.3 Å². The van der Waals surface area contributed by atoms with E-state index in [1.807, 2.05) is 0 Å². The lowest BCUT2D eigenvalue weighted by Crippen LogP contribution is -2.39. The van der Waals surface area contributed by atoms with Crippen molar-refractivity contribution < 1.29 is 19.7 Å². The summed E-state index contributed by atoms with van der Waals surface area (Å²) in [6.45, 7) is 6.01. The Morgan fingerprint density at radius 1 is 1.53 bits per heavy atom. The third-order valence-electron chi connectivity index (χ3n) is 2.58. The van der Waals surface area contributed by atoms with E-state index in [0.717, 1.165) is 19.4 Å². The summed E-state index contributed by atoms with van der Waals surface area (Å²) < 4.78 is 10.8. The molecule has 1 aliphatic rings. The smallest absolute Gasteiger partial charge is 0.0897 e. The molecule has 0 saturated carbocycles. The standard InChI is InChI=1S/C12H25NO4/c1-12(2,15)9-13-6-10(14)7-16-8-11-4-3-5-17-11/h10-11,13-15H,3-9H2,1-2H3. The maximum Gasteiger partial charge on any atom is 0.0897 e. The molecule has 0 aromatic heterocycles. The second-order valence-electron chi connectivity index (χ2n) is 5.27. The van der Waals surface area contributed by atoms with Gasteiger partial charge in [0.15, 0.2) is 0 Å². The summed E-state index contributed by atoms with van der Waals surface area (Å²) >= 11 is 0. The van der Waals surface area contributed by atoms with Crippen LogP contribution in [0.25, 0.3) is 0 Å². The van der Waals surface area contributed by atoms with Crippen molar-refractivity contribution in [2.45, 2.75) is 44.5 Å². The summed E-state index contributed by atoms with van der Waals surface area (Å²) in [4.78, 5) is 0. The maximum absolute atomic E-state index is 9.61. The van der Waals surface area contributed by atoms with Crippen molar-refractivity contribution in [1.82, 2.24) is 5.32 Å². The third kappa shape index (κ3) is 7.68. The molecule has 0 radical (unpaired) electrons. The molecule has 3 N–H and O–H groups in total. The lowest BCUT2D eigenvalue weighted by atomic mass is 10.1. The Labute approximate surface area is 103 Å². The Bertz CT molecular complexity index is 199. The Balaban J connectivity index is 1.95. The number of hydrogen-bond donors (Lipinski definition) is 3. The normalized spacial score (nSPS) is 22.9. The first-order chi connectivity index (χ1) is 7.97. The summed E-state index contributed by atoms with van der Waals surface area (Å²) in [5.41, 5.74) is -0.752. The van der Waals surface area contributed by atoms with Gasteiger partial charge in [-0.15, -0.1) is 0 Å². The van der Waals surface area contributed by atoms with E-state index < -0.39 is 11.7 Å². The van der Waals surface area contributed by atoms with Gasteiger partial charge in [0.25, 0.3) is 0 Å². The van der Waals surface area contributed by atoms with Crippen LogP contribution in [0.15, 0.2) is 0 Å². The van der Waals surface area contributed by atoms with Gasteiger partial charge >= 0.3 is 0 Å². The number of aliphatic hydroxyl groups excluding tert-OH is 1. The second-order valence-corrected chi connectivity index (χ2v) is 5.27. The highest BCUT2D eigenvalue weighted by molar-refractivity contribution is 4.70. The molecule has 0 amide bonds. The highest BCUT2D eigenvalue weighted by atomic mass is 16.5. The van der Waals surface area contributed by atoms with Gasteiger partial charge in [0, 0.05) is 19.7 Å². The van der Waals surface area contributed by atoms with Crippen LogP contribution in [0.2, 0.25) is 0 Å². The lowest BCUT2D eigenvalue weighted by Gasteiger charge is -2.19. The molecular formula is C12H25NO4. The highest BCUT2D eigenvalue weighted by Gasteiger charge is 2.16. The number of hydrogen-bond acceptors (Lipinski definition) is 5. The van der Waals surface area contributed by atoms with Crippen LogP contribution in [0.4, 0.5) is 0 Å². The fourth-order valence-electron chi connectivity index (χ4n) is 1.71. The van der Waals surface area contributed by atoms with Crippen LogP contribution < -0.4 is 5.32 Å². The Morgan fingerprint density at radius 2 is 2.29 bits per heavy atom. The summed E-state index contributed by atoms with van der Waals surface area (Å²) in [6.07, 6.45) is 1.81. The molecule has 1 fully saturated rings. The molecule has 0 bridgehead atoms. The van der Waals surface area contributed by atoms with Gasteiger partial charge in [0.2, 0.25) is 0 Å². The van der Waals surface area contributed by atoms with Gasteiger partial charge in [-0.1, -0.05) is 0 Å². The van der Waals surface area contributed by atoms with E-state index in [-0.39, 0.29) is 6.10 Å².